The highest BCUT2D eigenvalue weighted by Gasteiger charge is 2.42. The standard InChI is InChI=1S/C19H36N2/c1-15(2)18-12-20-19(10-6-7-11-19)14-21(18)13-17-9-5-4-8-16(17)3/h15-18,20H,4-14H2,1-3H3. The van der Waals surface area contributed by atoms with Gasteiger partial charge in [-0.05, 0) is 37.0 Å². The van der Waals surface area contributed by atoms with E-state index in [1.165, 1.54) is 71.0 Å². The van der Waals surface area contributed by atoms with Gasteiger partial charge in [0.25, 0.3) is 0 Å². The summed E-state index contributed by atoms with van der Waals surface area (Å²) in [5, 5.41) is 3.96. The van der Waals surface area contributed by atoms with Crippen LogP contribution in [0.2, 0.25) is 0 Å². The van der Waals surface area contributed by atoms with Crippen LogP contribution in [0.3, 0.4) is 0 Å². The minimum absolute atomic E-state index is 0.475. The number of rotatable bonds is 3. The van der Waals surface area contributed by atoms with E-state index in [1.54, 1.807) is 0 Å². The first-order valence-corrected chi connectivity index (χ1v) is 9.59. The lowest BCUT2D eigenvalue weighted by molar-refractivity contribution is 0.0303. The number of nitrogens with zero attached hydrogens (tertiary/aromatic N) is 1. The van der Waals surface area contributed by atoms with Crippen molar-refractivity contribution in [2.75, 3.05) is 19.6 Å². The van der Waals surface area contributed by atoms with Crippen LogP contribution in [-0.4, -0.2) is 36.1 Å². The fraction of sp³-hybridized carbons (Fsp3) is 1.00. The average Bonchev–Trinajstić information content (AvgIpc) is 2.89. The quantitative estimate of drug-likeness (QED) is 0.844. The van der Waals surface area contributed by atoms with Crippen molar-refractivity contribution in [1.82, 2.24) is 10.2 Å². The molecule has 3 rings (SSSR count). The van der Waals surface area contributed by atoms with Gasteiger partial charge in [0, 0.05) is 31.2 Å². The molecular weight excluding hydrogens is 256 g/mol. The van der Waals surface area contributed by atoms with Gasteiger partial charge in [-0.15, -0.1) is 0 Å². The van der Waals surface area contributed by atoms with E-state index < -0.39 is 0 Å². The van der Waals surface area contributed by atoms with E-state index in [1.807, 2.05) is 0 Å². The number of hydrogen-bond donors (Lipinski definition) is 1. The molecule has 1 aliphatic heterocycles. The van der Waals surface area contributed by atoms with Crippen LogP contribution in [0.15, 0.2) is 0 Å². The molecule has 122 valence electrons. The molecule has 0 radical (unpaired) electrons. The Kier molecular flexibility index (Phi) is 4.95. The Bertz CT molecular complexity index is 332. The second kappa shape index (κ2) is 6.58. The van der Waals surface area contributed by atoms with Crippen molar-refractivity contribution in [2.24, 2.45) is 17.8 Å². The summed E-state index contributed by atoms with van der Waals surface area (Å²) in [6.07, 6.45) is 11.6. The Morgan fingerprint density at radius 1 is 1.10 bits per heavy atom. The molecule has 1 heterocycles. The first-order chi connectivity index (χ1) is 10.1. The normalized spacial score (nSPS) is 37.4. The van der Waals surface area contributed by atoms with Gasteiger partial charge < -0.3 is 5.32 Å². The molecule has 0 aromatic carbocycles. The summed E-state index contributed by atoms with van der Waals surface area (Å²) in [6.45, 7) is 11.2. The predicted molar refractivity (Wildman–Crippen MR) is 90.5 cm³/mol. The van der Waals surface area contributed by atoms with Crippen molar-refractivity contribution in [3.8, 4) is 0 Å². The van der Waals surface area contributed by atoms with Crippen LogP contribution in [0.5, 0.6) is 0 Å². The van der Waals surface area contributed by atoms with Crippen LogP contribution in [0.1, 0.15) is 72.1 Å². The third-order valence-corrected chi connectivity index (χ3v) is 6.75. The second-order valence-electron chi connectivity index (χ2n) is 8.63. The lowest BCUT2D eigenvalue weighted by Crippen LogP contribution is -2.65. The van der Waals surface area contributed by atoms with E-state index in [4.69, 9.17) is 0 Å². The Balaban J connectivity index is 1.68. The van der Waals surface area contributed by atoms with E-state index in [0.29, 0.717) is 5.54 Å². The summed E-state index contributed by atoms with van der Waals surface area (Å²) < 4.78 is 0. The van der Waals surface area contributed by atoms with Gasteiger partial charge in [-0.3, -0.25) is 4.90 Å². The fourth-order valence-electron chi connectivity index (χ4n) is 5.22. The highest BCUT2D eigenvalue weighted by Crippen LogP contribution is 2.36. The first-order valence-electron chi connectivity index (χ1n) is 9.59. The zero-order chi connectivity index (χ0) is 14.9. The van der Waals surface area contributed by atoms with Crippen molar-refractivity contribution in [3.05, 3.63) is 0 Å². The van der Waals surface area contributed by atoms with Crippen LogP contribution < -0.4 is 5.32 Å². The first kappa shape index (κ1) is 15.8. The van der Waals surface area contributed by atoms with Gasteiger partial charge in [0.05, 0.1) is 0 Å². The van der Waals surface area contributed by atoms with E-state index in [9.17, 15) is 0 Å². The van der Waals surface area contributed by atoms with Gasteiger partial charge in [-0.1, -0.05) is 52.9 Å². The molecule has 2 saturated carbocycles. The molecule has 3 unspecified atom stereocenters. The van der Waals surface area contributed by atoms with Gasteiger partial charge in [0.2, 0.25) is 0 Å². The molecule has 0 aromatic rings. The molecule has 3 atom stereocenters. The monoisotopic (exact) mass is 292 g/mol. The number of hydrogen-bond acceptors (Lipinski definition) is 2. The van der Waals surface area contributed by atoms with E-state index in [-0.39, 0.29) is 0 Å². The molecule has 0 amide bonds. The molecule has 2 nitrogen and oxygen atoms in total. The van der Waals surface area contributed by atoms with E-state index in [2.05, 4.69) is 31.0 Å². The minimum Gasteiger partial charge on any atom is -0.308 e. The molecule has 3 fully saturated rings. The summed E-state index contributed by atoms with van der Waals surface area (Å²) in [5.74, 6) is 2.67. The number of piperazine rings is 1. The number of nitrogens with one attached hydrogen (secondary N) is 1. The lowest BCUT2D eigenvalue weighted by Gasteiger charge is -2.49. The molecule has 1 saturated heterocycles. The third-order valence-electron chi connectivity index (χ3n) is 6.75. The van der Waals surface area contributed by atoms with Crippen molar-refractivity contribution in [2.45, 2.75) is 83.7 Å². The van der Waals surface area contributed by atoms with Crippen molar-refractivity contribution in [1.29, 1.82) is 0 Å². The Labute approximate surface area is 132 Å². The smallest absolute Gasteiger partial charge is 0.0309 e. The molecule has 2 heteroatoms. The van der Waals surface area contributed by atoms with E-state index in [0.717, 1.165) is 23.8 Å². The molecular formula is C19H36N2. The van der Waals surface area contributed by atoms with Crippen LogP contribution in [0, 0.1) is 17.8 Å². The minimum atomic E-state index is 0.475. The van der Waals surface area contributed by atoms with Gasteiger partial charge in [0.15, 0.2) is 0 Å². The van der Waals surface area contributed by atoms with E-state index >= 15 is 0 Å². The highest BCUT2D eigenvalue weighted by molar-refractivity contribution is 5.02. The molecule has 0 aromatic heterocycles. The Morgan fingerprint density at radius 3 is 2.48 bits per heavy atom. The largest absolute Gasteiger partial charge is 0.308 e. The zero-order valence-electron chi connectivity index (χ0n) is 14.5. The van der Waals surface area contributed by atoms with Gasteiger partial charge in [-0.25, -0.2) is 0 Å². The zero-order valence-corrected chi connectivity index (χ0v) is 14.5. The summed E-state index contributed by atoms with van der Waals surface area (Å²) in [6, 6.07) is 0.755. The average molecular weight is 293 g/mol. The van der Waals surface area contributed by atoms with Gasteiger partial charge in [-0.2, -0.15) is 0 Å². The molecule has 3 aliphatic rings. The van der Waals surface area contributed by atoms with Crippen LogP contribution in [0.4, 0.5) is 0 Å². The Morgan fingerprint density at radius 2 is 1.81 bits per heavy atom. The third kappa shape index (κ3) is 3.47. The molecule has 0 bridgehead atoms. The highest BCUT2D eigenvalue weighted by atomic mass is 15.3. The maximum atomic E-state index is 3.96. The summed E-state index contributed by atoms with van der Waals surface area (Å²) in [7, 11) is 0. The van der Waals surface area contributed by atoms with Crippen molar-refractivity contribution < 1.29 is 0 Å². The Hall–Kier alpha value is -0.0800. The summed E-state index contributed by atoms with van der Waals surface area (Å²) in [5.41, 5.74) is 0.475. The topological polar surface area (TPSA) is 15.3 Å². The lowest BCUT2D eigenvalue weighted by atomic mass is 9.79. The van der Waals surface area contributed by atoms with Crippen LogP contribution in [0.25, 0.3) is 0 Å². The summed E-state index contributed by atoms with van der Waals surface area (Å²) >= 11 is 0. The fourth-order valence-corrected chi connectivity index (χ4v) is 5.22. The molecule has 1 spiro atoms. The van der Waals surface area contributed by atoms with Crippen LogP contribution in [-0.2, 0) is 0 Å². The maximum absolute atomic E-state index is 3.96. The summed E-state index contributed by atoms with van der Waals surface area (Å²) in [4.78, 5) is 2.90. The second-order valence-corrected chi connectivity index (χ2v) is 8.63. The predicted octanol–water partition coefficient (Wildman–Crippen LogP) is 4.06. The SMILES string of the molecule is CC(C)C1CNC2(CCCC2)CN1CC1CCCCC1C. The molecule has 1 N–H and O–H groups in total. The van der Waals surface area contributed by atoms with Crippen molar-refractivity contribution in [3.63, 3.8) is 0 Å². The van der Waals surface area contributed by atoms with Gasteiger partial charge in [0.1, 0.15) is 0 Å². The molecule has 21 heavy (non-hydrogen) atoms. The van der Waals surface area contributed by atoms with Crippen LogP contribution >= 0.6 is 0 Å². The molecule has 2 aliphatic carbocycles. The maximum Gasteiger partial charge on any atom is 0.0309 e. The van der Waals surface area contributed by atoms with Crippen molar-refractivity contribution >= 4 is 0 Å². The van der Waals surface area contributed by atoms with Gasteiger partial charge >= 0.3 is 0 Å².